The number of nitrogens with zero attached hydrogens (tertiary/aromatic N) is 4. The Morgan fingerprint density at radius 2 is 1.48 bits per heavy atom. The van der Waals surface area contributed by atoms with E-state index in [1.807, 2.05) is 28.8 Å². The first-order valence-electron chi connectivity index (χ1n) is 8.68. The standard InChI is InChI=1S/C20H21ClN4/c1-14(2)11-12-24-17-9-5-3-7-15(17)22-19(24)13-25-18-10-6-4-8-16(18)23-20(25)21/h3-10,14H,11-13H2,1-2H3. The Bertz CT molecular complexity index is 1030. The number of fused-ring (bicyclic) bond motifs is 2. The minimum absolute atomic E-state index is 0.503. The third kappa shape index (κ3) is 3.02. The van der Waals surface area contributed by atoms with Gasteiger partial charge >= 0.3 is 0 Å². The van der Waals surface area contributed by atoms with Gasteiger partial charge in [-0.3, -0.25) is 0 Å². The molecule has 0 amide bonds. The quantitative estimate of drug-likeness (QED) is 0.499. The van der Waals surface area contributed by atoms with Crippen molar-refractivity contribution in [2.45, 2.75) is 33.4 Å². The van der Waals surface area contributed by atoms with Crippen LogP contribution in [0, 0.1) is 5.92 Å². The summed E-state index contributed by atoms with van der Waals surface area (Å²) in [6.45, 7) is 6.07. The molecule has 0 spiro atoms. The van der Waals surface area contributed by atoms with Crippen molar-refractivity contribution in [3.8, 4) is 0 Å². The van der Waals surface area contributed by atoms with Gasteiger partial charge in [-0.25, -0.2) is 9.97 Å². The molecule has 0 aliphatic carbocycles. The first-order chi connectivity index (χ1) is 12.1. The molecule has 0 radical (unpaired) electrons. The van der Waals surface area contributed by atoms with Gasteiger partial charge in [-0.1, -0.05) is 38.1 Å². The van der Waals surface area contributed by atoms with Gasteiger partial charge in [0.1, 0.15) is 5.82 Å². The van der Waals surface area contributed by atoms with Crippen LogP contribution >= 0.6 is 11.6 Å². The molecule has 0 fully saturated rings. The summed E-state index contributed by atoms with van der Waals surface area (Å²) in [5.74, 6) is 1.67. The minimum Gasteiger partial charge on any atom is -0.326 e. The second-order valence-corrected chi connectivity index (χ2v) is 7.14. The molecular weight excluding hydrogens is 332 g/mol. The molecule has 2 aromatic heterocycles. The van der Waals surface area contributed by atoms with Crippen molar-refractivity contribution in [1.82, 2.24) is 19.1 Å². The molecular formula is C20H21ClN4. The molecule has 4 rings (SSSR count). The highest BCUT2D eigenvalue weighted by atomic mass is 35.5. The lowest BCUT2D eigenvalue weighted by Gasteiger charge is -2.12. The van der Waals surface area contributed by atoms with E-state index in [0.29, 0.717) is 17.7 Å². The highest BCUT2D eigenvalue weighted by Crippen LogP contribution is 2.23. The number of para-hydroxylation sites is 4. The van der Waals surface area contributed by atoms with Crippen LogP contribution < -0.4 is 0 Å². The second kappa shape index (κ2) is 6.52. The Kier molecular flexibility index (Phi) is 4.22. The number of benzene rings is 2. The van der Waals surface area contributed by atoms with E-state index in [-0.39, 0.29) is 0 Å². The van der Waals surface area contributed by atoms with Gasteiger partial charge in [0.05, 0.1) is 28.6 Å². The molecule has 5 heteroatoms. The third-order valence-electron chi connectivity index (χ3n) is 4.57. The summed E-state index contributed by atoms with van der Waals surface area (Å²) in [6, 6.07) is 16.3. The second-order valence-electron chi connectivity index (χ2n) is 6.81. The Morgan fingerprint density at radius 1 is 0.880 bits per heavy atom. The summed E-state index contributed by atoms with van der Waals surface area (Å²) in [5, 5.41) is 0.503. The van der Waals surface area contributed by atoms with E-state index in [0.717, 1.165) is 35.3 Å². The van der Waals surface area contributed by atoms with Crippen molar-refractivity contribution in [2.24, 2.45) is 5.92 Å². The van der Waals surface area contributed by atoms with Gasteiger partial charge in [-0.2, -0.15) is 0 Å². The third-order valence-corrected chi connectivity index (χ3v) is 4.86. The van der Waals surface area contributed by atoms with Crippen molar-refractivity contribution in [1.29, 1.82) is 0 Å². The molecule has 0 aliphatic rings. The highest BCUT2D eigenvalue weighted by molar-refractivity contribution is 6.29. The van der Waals surface area contributed by atoms with Crippen LogP contribution in [-0.2, 0) is 13.1 Å². The van der Waals surface area contributed by atoms with Gasteiger partial charge in [0.25, 0.3) is 0 Å². The van der Waals surface area contributed by atoms with Gasteiger partial charge in [0.2, 0.25) is 5.28 Å². The monoisotopic (exact) mass is 352 g/mol. The van der Waals surface area contributed by atoms with Gasteiger partial charge < -0.3 is 9.13 Å². The summed E-state index contributed by atoms with van der Waals surface area (Å²) >= 11 is 6.41. The van der Waals surface area contributed by atoms with Crippen LogP contribution in [0.1, 0.15) is 26.1 Å². The first kappa shape index (κ1) is 16.2. The average molecular weight is 353 g/mol. The largest absolute Gasteiger partial charge is 0.326 e. The molecule has 0 bridgehead atoms. The highest BCUT2D eigenvalue weighted by Gasteiger charge is 2.15. The van der Waals surface area contributed by atoms with E-state index in [1.54, 1.807) is 0 Å². The number of aryl methyl sites for hydroxylation is 1. The Labute approximate surface area is 152 Å². The van der Waals surface area contributed by atoms with Gasteiger partial charge in [0, 0.05) is 6.54 Å². The predicted molar refractivity (Wildman–Crippen MR) is 103 cm³/mol. The fourth-order valence-electron chi connectivity index (χ4n) is 3.22. The Hall–Kier alpha value is -2.33. The molecule has 4 aromatic rings. The number of rotatable bonds is 5. The number of hydrogen-bond donors (Lipinski definition) is 0. The molecule has 0 aliphatic heterocycles. The minimum atomic E-state index is 0.503. The van der Waals surface area contributed by atoms with Crippen molar-refractivity contribution < 1.29 is 0 Å². The number of imidazole rings is 2. The lowest BCUT2D eigenvalue weighted by atomic mass is 10.1. The summed E-state index contributed by atoms with van der Waals surface area (Å²) < 4.78 is 4.35. The SMILES string of the molecule is CC(C)CCn1c(Cn2c(Cl)nc3ccccc32)nc2ccccc21. The lowest BCUT2D eigenvalue weighted by molar-refractivity contribution is 0.508. The number of halogens is 1. The zero-order valence-corrected chi connectivity index (χ0v) is 15.2. The average Bonchev–Trinajstić information content (AvgIpc) is 3.11. The van der Waals surface area contributed by atoms with E-state index >= 15 is 0 Å². The van der Waals surface area contributed by atoms with Gasteiger partial charge in [-0.15, -0.1) is 0 Å². The van der Waals surface area contributed by atoms with E-state index in [9.17, 15) is 0 Å². The molecule has 2 heterocycles. The Balaban J connectivity index is 1.80. The molecule has 0 unspecified atom stereocenters. The number of hydrogen-bond acceptors (Lipinski definition) is 2. The summed E-state index contributed by atoms with van der Waals surface area (Å²) in [6.07, 6.45) is 1.12. The topological polar surface area (TPSA) is 35.6 Å². The van der Waals surface area contributed by atoms with Gasteiger partial charge in [0.15, 0.2) is 0 Å². The fraction of sp³-hybridized carbons (Fsp3) is 0.300. The van der Waals surface area contributed by atoms with E-state index in [4.69, 9.17) is 16.6 Å². The molecule has 0 saturated carbocycles. The van der Waals surface area contributed by atoms with Crippen molar-refractivity contribution >= 4 is 33.7 Å². The molecule has 128 valence electrons. The molecule has 25 heavy (non-hydrogen) atoms. The van der Waals surface area contributed by atoms with E-state index < -0.39 is 0 Å². The van der Waals surface area contributed by atoms with Crippen LogP contribution in [0.4, 0.5) is 0 Å². The summed E-state index contributed by atoms with van der Waals surface area (Å²) in [7, 11) is 0. The first-order valence-corrected chi connectivity index (χ1v) is 9.06. The fourth-order valence-corrected chi connectivity index (χ4v) is 3.46. The smallest absolute Gasteiger partial charge is 0.204 e. The van der Waals surface area contributed by atoms with Crippen LogP contribution in [0.15, 0.2) is 48.5 Å². The Morgan fingerprint density at radius 3 is 2.16 bits per heavy atom. The normalized spacial score (nSPS) is 11.8. The maximum atomic E-state index is 6.41. The summed E-state index contributed by atoms with van der Waals surface area (Å²) in [5.41, 5.74) is 4.16. The maximum absolute atomic E-state index is 6.41. The van der Waals surface area contributed by atoms with Crippen molar-refractivity contribution in [2.75, 3.05) is 0 Å². The zero-order valence-electron chi connectivity index (χ0n) is 14.5. The maximum Gasteiger partial charge on any atom is 0.204 e. The van der Waals surface area contributed by atoms with E-state index in [2.05, 4.69) is 47.7 Å². The predicted octanol–water partition coefficient (Wildman–Crippen LogP) is 5.13. The molecule has 0 N–H and O–H groups in total. The van der Waals surface area contributed by atoms with Crippen molar-refractivity contribution in [3.05, 3.63) is 59.6 Å². The number of aromatic nitrogens is 4. The molecule has 2 aromatic carbocycles. The van der Waals surface area contributed by atoms with Crippen LogP contribution in [0.5, 0.6) is 0 Å². The summed E-state index contributed by atoms with van der Waals surface area (Å²) in [4.78, 5) is 9.33. The van der Waals surface area contributed by atoms with Crippen LogP contribution in [0.3, 0.4) is 0 Å². The van der Waals surface area contributed by atoms with Gasteiger partial charge in [-0.05, 0) is 48.2 Å². The zero-order chi connectivity index (χ0) is 17.4. The van der Waals surface area contributed by atoms with Crippen LogP contribution in [0.25, 0.3) is 22.1 Å². The molecule has 0 saturated heterocycles. The van der Waals surface area contributed by atoms with Crippen LogP contribution in [0.2, 0.25) is 5.28 Å². The lowest BCUT2D eigenvalue weighted by Crippen LogP contribution is -2.10. The van der Waals surface area contributed by atoms with Crippen molar-refractivity contribution in [3.63, 3.8) is 0 Å². The van der Waals surface area contributed by atoms with Crippen LogP contribution in [-0.4, -0.2) is 19.1 Å². The molecule has 4 nitrogen and oxygen atoms in total. The van der Waals surface area contributed by atoms with E-state index in [1.165, 1.54) is 5.52 Å². The molecule has 0 atom stereocenters.